The first-order valence-electron chi connectivity index (χ1n) is 6.66. The maximum Gasteiger partial charge on any atom is 0.251 e. The molecule has 0 saturated carbocycles. The minimum Gasteiger partial charge on any atom is -0.390 e. The molecule has 5 N–H and O–H groups in total. The van der Waals surface area contributed by atoms with Crippen LogP contribution in [0.4, 0.5) is 5.82 Å². The number of amides is 1. The van der Waals surface area contributed by atoms with Crippen molar-refractivity contribution in [2.24, 2.45) is 11.7 Å². The van der Waals surface area contributed by atoms with Gasteiger partial charge in [0.2, 0.25) is 0 Å². The van der Waals surface area contributed by atoms with Crippen LogP contribution in [0.25, 0.3) is 11.0 Å². The van der Waals surface area contributed by atoms with Crippen molar-refractivity contribution in [3.05, 3.63) is 18.1 Å². The van der Waals surface area contributed by atoms with Crippen molar-refractivity contribution in [2.45, 2.75) is 32.3 Å². The standard InChI is InChI=1S/C13H17N5O3/c1-5-9(19)6(2)21-13(5)18-3-7(11(15)20)8-10(14)16-4-17-12(8)18/h3-6,9,13,19H,1-2H3,(H2,15,20)(H2,14,16,17). The predicted molar refractivity (Wildman–Crippen MR) is 75.2 cm³/mol. The molecule has 1 aliphatic heterocycles. The third kappa shape index (κ3) is 1.95. The van der Waals surface area contributed by atoms with Crippen LogP contribution in [0.3, 0.4) is 0 Å². The van der Waals surface area contributed by atoms with Crippen LogP contribution in [0.5, 0.6) is 0 Å². The average molecular weight is 291 g/mol. The summed E-state index contributed by atoms with van der Waals surface area (Å²) in [6.45, 7) is 3.67. The molecule has 0 radical (unpaired) electrons. The minimum absolute atomic E-state index is 0.160. The molecule has 1 fully saturated rings. The second kappa shape index (κ2) is 4.68. The van der Waals surface area contributed by atoms with Crippen LogP contribution in [0, 0.1) is 5.92 Å². The third-order valence-electron chi connectivity index (χ3n) is 4.00. The summed E-state index contributed by atoms with van der Waals surface area (Å²) in [5.74, 6) is -0.584. The van der Waals surface area contributed by atoms with E-state index in [0.717, 1.165) is 0 Å². The summed E-state index contributed by atoms with van der Waals surface area (Å²) in [6, 6.07) is 0. The Morgan fingerprint density at radius 1 is 1.43 bits per heavy atom. The number of hydrogen-bond acceptors (Lipinski definition) is 6. The van der Waals surface area contributed by atoms with E-state index in [9.17, 15) is 9.90 Å². The van der Waals surface area contributed by atoms with Crippen molar-refractivity contribution in [2.75, 3.05) is 5.73 Å². The lowest BCUT2D eigenvalue weighted by molar-refractivity contribution is -0.00969. The van der Waals surface area contributed by atoms with Crippen LogP contribution >= 0.6 is 0 Å². The highest BCUT2D eigenvalue weighted by atomic mass is 16.5. The van der Waals surface area contributed by atoms with Crippen LogP contribution < -0.4 is 11.5 Å². The van der Waals surface area contributed by atoms with Crippen molar-refractivity contribution in [1.29, 1.82) is 0 Å². The molecule has 4 atom stereocenters. The molecule has 8 heteroatoms. The fourth-order valence-corrected chi connectivity index (χ4v) is 2.83. The van der Waals surface area contributed by atoms with E-state index in [0.29, 0.717) is 11.0 Å². The highest BCUT2D eigenvalue weighted by Crippen LogP contribution is 2.37. The summed E-state index contributed by atoms with van der Waals surface area (Å²) in [4.78, 5) is 19.7. The van der Waals surface area contributed by atoms with Gasteiger partial charge in [0, 0.05) is 12.1 Å². The van der Waals surface area contributed by atoms with Gasteiger partial charge < -0.3 is 25.9 Å². The van der Waals surface area contributed by atoms with Crippen molar-refractivity contribution in [3.63, 3.8) is 0 Å². The molecule has 1 amide bonds. The number of aliphatic hydroxyl groups excluding tert-OH is 1. The smallest absolute Gasteiger partial charge is 0.251 e. The average Bonchev–Trinajstić information content (AvgIpc) is 2.94. The van der Waals surface area contributed by atoms with Gasteiger partial charge in [-0.2, -0.15) is 0 Å². The Balaban J connectivity index is 2.20. The molecule has 2 aromatic rings. The first-order chi connectivity index (χ1) is 9.91. The first-order valence-corrected chi connectivity index (χ1v) is 6.66. The molecule has 0 aliphatic carbocycles. The molecule has 0 aromatic carbocycles. The Labute approximate surface area is 120 Å². The zero-order valence-electron chi connectivity index (χ0n) is 11.7. The predicted octanol–water partition coefficient (Wildman–Crippen LogP) is 0.0267. The fourth-order valence-electron chi connectivity index (χ4n) is 2.83. The van der Waals surface area contributed by atoms with E-state index in [2.05, 4.69) is 9.97 Å². The Morgan fingerprint density at radius 3 is 2.71 bits per heavy atom. The topological polar surface area (TPSA) is 129 Å². The van der Waals surface area contributed by atoms with Gasteiger partial charge in [-0.15, -0.1) is 0 Å². The molecule has 3 rings (SSSR count). The van der Waals surface area contributed by atoms with Crippen molar-refractivity contribution >= 4 is 22.8 Å². The molecule has 1 aliphatic rings. The van der Waals surface area contributed by atoms with Gasteiger partial charge in [0.15, 0.2) is 0 Å². The number of nitrogens with two attached hydrogens (primary N) is 2. The number of nitrogen functional groups attached to an aromatic ring is 1. The van der Waals surface area contributed by atoms with Gasteiger partial charge in [0.1, 0.15) is 24.0 Å². The van der Waals surface area contributed by atoms with E-state index in [4.69, 9.17) is 16.2 Å². The molecule has 3 heterocycles. The van der Waals surface area contributed by atoms with Gasteiger partial charge in [0.25, 0.3) is 5.91 Å². The molecule has 0 bridgehead atoms. The number of ether oxygens (including phenoxy) is 1. The summed E-state index contributed by atoms with van der Waals surface area (Å²) in [6.07, 6.45) is 1.53. The molecule has 4 unspecified atom stereocenters. The molecule has 2 aromatic heterocycles. The number of primary amides is 1. The van der Waals surface area contributed by atoms with E-state index in [1.165, 1.54) is 6.33 Å². The number of hydrogen-bond donors (Lipinski definition) is 3. The van der Waals surface area contributed by atoms with E-state index in [1.807, 2.05) is 6.92 Å². The Morgan fingerprint density at radius 2 is 2.14 bits per heavy atom. The van der Waals surface area contributed by atoms with Gasteiger partial charge in [-0.3, -0.25) is 4.79 Å². The number of fused-ring (bicyclic) bond motifs is 1. The summed E-state index contributed by atoms with van der Waals surface area (Å²) in [5, 5.41) is 10.5. The van der Waals surface area contributed by atoms with E-state index in [-0.39, 0.29) is 23.4 Å². The van der Waals surface area contributed by atoms with Crippen LogP contribution in [0.1, 0.15) is 30.4 Å². The monoisotopic (exact) mass is 291 g/mol. The Bertz CT molecular complexity index is 713. The lowest BCUT2D eigenvalue weighted by atomic mass is 10.0. The molecule has 8 nitrogen and oxygen atoms in total. The van der Waals surface area contributed by atoms with Gasteiger partial charge >= 0.3 is 0 Å². The highest BCUT2D eigenvalue weighted by Gasteiger charge is 2.40. The molecular weight excluding hydrogens is 274 g/mol. The third-order valence-corrected chi connectivity index (χ3v) is 4.00. The second-order valence-corrected chi connectivity index (χ2v) is 5.35. The largest absolute Gasteiger partial charge is 0.390 e. The summed E-state index contributed by atoms with van der Waals surface area (Å²) >= 11 is 0. The molecule has 21 heavy (non-hydrogen) atoms. The van der Waals surface area contributed by atoms with E-state index < -0.39 is 18.2 Å². The van der Waals surface area contributed by atoms with Gasteiger partial charge in [-0.05, 0) is 6.92 Å². The zero-order chi connectivity index (χ0) is 15.3. The number of carbonyl (C=O) groups excluding carboxylic acids is 1. The van der Waals surface area contributed by atoms with Crippen LogP contribution in [-0.4, -0.2) is 37.8 Å². The summed E-state index contributed by atoms with van der Waals surface area (Å²) < 4.78 is 7.46. The fraction of sp³-hybridized carbons (Fsp3) is 0.462. The van der Waals surface area contributed by atoms with E-state index >= 15 is 0 Å². The van der Waals surface area contributed by atoms with Crippen molar-refractivity contribution in [1.82, 2.24) is 14.5 Å². The zero-order valence-corrected chi connectivity index (χ0v) is 11.7. The number of aromatic nitrogens is 3. The van der Waals surface area contributed by atoms with Crippen molar-refractivity contribution < 1.29 is 14.6 Å². The lowest BCUT2D eigenvalue weighted by Crippen LogP contribution is -2.22. The molecule has 1 saturated heterocycles. The normalized spacial score (nSPS) is 29.1. The first kappa shape index (κ1) is 13.8. The Hall–Kier alpha value is -2.19. The van der Waals surface area contributed by atoms with Crippen molar-refractivity contribution in [3.8, 4) is 0 Å². The SMILES string of the molecule is CC1OC(n2cc(C(N)=O)c3c(N)ncnc32)C(C)C1O. The van der Waals surface area contributed by atoms with Gasteiger partial charge in [-0.25, -0.2) is 9.97 Å². The summed E-state index contributed by atoms with van der Waals surface area (Å²) in [5.41, 5.74) is 11.9. The number of anilines is 1. The maximum absolute atomic E-state index is 11.6. The van der Waals surface area contributed by atoms with Crippen LogP contribution in [-0.2, 0) is 4.74 Å². The number of nitrogens with zero attached hydrogens (tertiary/aromatic N) is 3. The van der Waals surface area contributed by atoms with E-state index in [1.54, 1.807) is 17.7 Å². The minimum atomic E-state index is -0.612. The molecule has 112 valence electrons. The number of rotatable bonds is 2. The second-order valence-electron chi connectivity index (χ2n) is 5.35. The summed E-state index contributed by atoms with van der Waals surface area (Å²) in [7, 11) is 0. The maximum atomic E-state index is 11.6. The number of carbonyl (C=O) groups is 1. The molecule has 0 spiro atoms. The van der Waals surface area contributed by atoms with Gasteiger partial charge in [-0.1, -0.05) is 6.92 Å². The lowest BCUT2D eigenvalue weighted by Gasteiger charge is -2.18. The molecular formula is C13H17N5O3. The quantitative estimate of drug-likeness (QED) is 0.715. The highest BCUT2D eigenvalue weighted by molar-refractivity contribution is 6.08. The van der Waals surface area contributed by atoms with Gasteiger partial charge in [0.05, 0.1) is 23.2 Å². The number of aliphatic hydroxyl groups is 1. The van der Waals surface area contributed by atoms with Crippen LogP contribution in [0.15, 0.2) is 12.5 Å². The van der Waals surface area contributed by atoms with Crippen LogP contribution in [0.2, 0.25) is 0 Å². The Kier molecular flexibility index (Phi) is 3.07.